The van der Waals surface area contributed by atoms with E-state index in [0.29, 0.717) is 0 Å². The van der Waals surface area contributed by atoms with E-state index in [2.05, 4.69) is 190 Å². The van der Waals surface area contributed by atoms with E-state index in [-0.39, 0.29) is 0 Å². The number of para-hydroxylation sites is 1. The first-order valence-corrected chi connectivity index (χ1v) is 19.4. The standard InChI is InChI=1S/C52H29N3/c1-3-18-34-30(14-1)31-15-2-4-19-35(31)48-45(34)38-27-28-44-51(39-22-8-5-16-32(39)33-17-6-9-23-40(33)51)41-24-13-21-36-42-25-11-12-29-53(42)52(46(36)41)47-37-20-7-10-26-43(37)54(48)50(47)49(38)55(44)52/h1-29H/q+2. The zero-order valence-electron chi connectivity index (χ0n) is 29.6. The van der Waals surface area contributed by atoms with Crippen molar-refractivity contribution in [2.75, 3.05) is 0 Å². The fourth-order valence-corrected chi connectivity index (χ4v) is 12.3. The average Bonchev–Trinajstić information content (AvgIpc) is 3.95. The first-order chi connectivity index (χ1) is 27.3. The number of hydrogen-bond donors (Lipinski definition) is 0. The highest BCUT2D eigenvalue weighted by atomic mass is 15.3. The molecule has 0 fully saturated rings. The van der Waals surface area contributed by atoms with Crippen molar-refractivity contribution in [2.24, 2.45) is 0 Å². The summed E-state index contributed by atoms with van der Waals surface area (Å²) in [6.45, 7) is 0. The summed E-state index contributed by atoms with van der Waals surface area (Å²) in [6, 6.07) is 64.6. The summed E-state index contributed by atoms with van der Waals surface area (Å²) in [5.41, 5.74) is 17.4. The van der Waals surface area contributed by atoms with Gasteiger partial charge < -0.3 is 0 Å². The summed E-state index contributed by atoms with van der Waals surface area (Å²) in [7, 11) is 0. The molecule has 4 aliphatic rings. The number of nitrogens with zero attached hydrogens (tertiary/aromatic N) is 3. The van der Waals surface area contributed by atoms with Gasteiger partial charge in [-0.25, -0.2) is 0 Å². The van der Waals surface area contributed by atoms with Gasteiger partial charge in [0.15, 0.2) is 6.20 Å². The van der Waals surface area contributed by atoms with E-state index in [1.807, 2.05) is 0 Å². The highest BCUT2D eigenvalue weighted by Crippen LogP contribution is 2.66. The second kappa shape index (κ2) is 8.81. The van der Waals surface area contributed by atoms with Crippen LogP contribution in [-0.4, -0.2) is 4.57 Å². The Balaban J connectivity index is 1.31. The first kappa shape index (κ1) is 27.5. The van der Waals surface area contributed by atoms with Crippen LogP contribution in [0.5, 0.6) is 0 Å². The molecule has 11 aromatic rings. The Kier molecular flexibility index (Phi) is 4.40. The van der Waals surface area contributed by atoms with Crippen LogP contribution < -0.4 is 8.97 Å². The zero-order valence-corrected chi connectivity index (χ0v) is 29.6. The minimum Gasteiger partial charge on any atom is -0.268 e. The van der Waals surface area contributed by atoms with Crippen LogP contribution in [0.25, 0.3) is 82.2 Å². The van der Waals surface area contributed by atoms with Gasteiger partial charge in [0.05, 0.1) is 32.7 Å². The Morgan fingerprint density at radius 2 is 1.04 bits per heavy atom. The molecule has 4 aromatic heterocycles. The molecule has 3 nitrogen and oxygen atoms in total. The lowest BCUT2D eigenvalue weighted by molar-refractivity contribution is -0.733. The Bertz CT molecular complexity index is 3640. The molecule has 1 aliphatic carbocycles. The fraction of sp³-hybridized carbons (Fsp3) is 0.0385. The van der Waals surface area contributed by atoms with Crippen LogP contribution in [0, 0.1) is 0 Å². The number of pyridine rings is 3. The Morgan fingerprint density at radius 1 is 0.418 bits per heavy atom. The van der Waals surface area contributed by atoms with Crippen molar-refractivity contribution in [2.45, 2.75) is 11.1 Å². The molecule has 1 unspecified atom stereocenters. The van der Waals surface area contributed by atoms with Gasteiger partial charge in [-0.1, -0.05) is 115 Å². The molecule has 0 saturated heterocycles. The second-order valence-corrected chi connectivity index (χ2v) is 15.9. The van der Waals surface area contributed by atoms with E-state index in [1.54, 1.807) is 0 Å². The van der Waals surface area contributed by atoms with E-state index in [4.69, 9.17) is 0 Å². The van der Waals surface area contributed by atoms with E-state index in [0.717, 1.165) is 0 Å². The van der Waals surface area contributed by atoms with Crippen molar-refractivity contribution in [3.63, 3.8) is 0 Å². The van der Waals surface area contributed by atoms with Gasteiger partial charge in [-0.15, -0.1) is 4.40 Å². The average molecular weight is 696 g/mol. The minimum absolute atomic E-state index is 0.518. The molecule has 55 heavy (non-hydrogen) atoms. The van der Waals surface area contributed by atoms with E-state index in [1.165, 1.54) is 116 Å². The molecule has 3 heteroatoms. The van der Waals surface area contributed by atoms with Gasteiger partial charge >= 0.3 is 5.66 Å². The monoisotopic (exact) mass is 695 g/mol. The summed E-state index contributed by atoms with van der Waals surface area (Å²) in [5.74, 6) is 0. The quantitative estimate of drug-likeness (QED) is 0.111. The van der Waals surface area contributed by atoms with Crippen LogP contribution in [0.1, 0.15) is 33.5 Å². The van der Waals surface area contributed by atoms with Crippen molar-refractivity contribution in [3.05, 3.63) is 210 Å². The van der Waals surface area contributed by atoms with Gasteiger partial charge in [-0.3, -0.25) is 4.57 Å². The predicted octanol–water partition coefficient (Wildman–Crippen LogP) is 10.5. The summed E-state index contributed by atoms with van der Waals surface area (Å²) in [6.07, 6.45) is 2.35. The molecule has 1 atom stereocenters. The number of rotatable bonds is 0. The molecular formula is C52H29N3+2. The smallest absolute Gasteiger partial charge is 0.268 e. The van der Waals surface area contributed by atoms with Crippen molar-refractivity contribution < 1.29 is 8.97 Å². The molecule has 0 amide bonds. The first-order valence-electron chi connectivity index (χ1n) is 19.4. The van der Waals surface area contributed by atoms with Gasteiger partial charge in [0.1, 0.15) is 11.1 Å². The van der Waals surface area contributed by atoms with Crippen molar-refractivity contribution in [1.29, 1.82) is 0 Å². The Labute approximate surface area is 315 Å². The second-order valence-electron chi connectivity index (χ2n) is 15.9. The molecule has 15 rings (SSSR count). The molecule has 2 spiro atoms. The molecular weight excluding hydrogens is 667 g/mol. The van der Waals surface area contributed by atoms with E-state index in [9.17, 15) is 0 Å². The number of fused-ring (bicyclic) bond motifs is 20. The maximum absolute atomic E-state index is 2.82. The highest BCUT2D eigenvalue weighted by molar-refractivity contribution is 6.31. The SMILES string of the molecule is c1ccc2c(c1)-c1ccccc1C21c2cccc3c2C2(c4c5ccccc5[n+]5c4c4c(ccc1n42)c1c2ccccc2c2ccccc2c15)[n+]1ccccc1-3. The van der Waals surface area contributed by atoms with Gasteiger partial charge in [0.25, 0.3) is 0 Å². The van der Waals surface area contributed by atoms with E-state index >= 15 is 0 Å². The summed E-state index contributed by atoms with van der Waals surface area (Å²) < 4.78 is 8.10. The Morgan fingerprint density at radius 3 is 1.84 bits per heavy atom. The molecule has 0 N–H and O–H groups in total. The van der Waals surface area contributed by atoms with Crippen molar-refractivity contribution >= 4 is 59.8 Å². The van der Waals surface area contributed by atoms with Gasteiger partial charge in [0, 0.05) is 29.3 Å². The molecule has 250 valence electrons. The van der Waals surface area contributed by atoms with Crippen LogP contribution in [0.3, 0.4) is 0 Å². The van der Waals surface area contributed by atoms with Gasteiger partial charge in [0.2, 0.25) is 22.2 Å². The molecule has 0 saturated carbocycles. The van der Waals surface area contributed by atoms with Crippen LogP contribution in [0.4, 0.5) is 0 Å². The maximum Gasteiger partial charge on any atom is 0.309 e. The zero-order chi connectivity index (χ0) is 35.4. The topological polar surface area (TPSA) is 12.9 Å². The lowest BCUT2D eigenvalue weighted by Gasteiger charge is -2.44. The number of benzene rings is 7. The number of hydrogen-bond acceptors (Lipinski definition) is 0. The highest BCUT2D eigenvalue weighted by Gasteiger charge is 2.69. The van der Waals surface area contributed by atoms with E-state index < -0.39 is 11.1 Å². The summed E-state index contributed by atoms with van der Waals surface area (Å²) in [5, 5.41) is 9.08. The summed E-state index contributed by atoms with van der Waals surface area (Å²) in [4.78, 5) is 0. The number of aromatic nitrogens is 3. The van der Waals surface area contributed by atoms with Crippen LogP contribution in [0.2, 0.25) is 0 Å². The molecule has 7 heterocycles. The molecule has 0 radical (unpaired) electrons. The Hall–Kier alpha value is -7.10. The minimum atomic E-state index is -0.644. The summed E-state index contributed by atoms with van der Waals surface area (Å²) >= 11 is 0. The molecule has 7 aromatic carbocycles. The van der Waals surface area contributed by atoms with Crippen molar-refractivity contribution in [1.82, 2.24) is 4.57 Å². The molecule has 0 bridgehead atoms. The third kappa shape index (κ3) is 2.62. The predicted molar refractivity (Wildman–Crippen MR) is 220 cm³/mol. The van der Waals surface area contributed by atoms with Gasteiger partial charge in [-0.05, 0) is 80.4 Å². The van der Waals surface area contributed by atoms with Crippen LogP contribution in [-0.2, 0) is 11.1 Å². The molecule has 3 aliphatic heterocycles. The van der Waals surface area contributed by atoms with Gasteiger partial charge in [-0.2, -0.15) is 4.57 Å². The van der Waals surface area contributed by atoms with Crippen molar-refractivity contribution in [3.8, 4) is 22.4 Å². The third-order valence-electron chi connectivity index (χ3n) is 13.9. The lowest BCUT2D eigenvalue weighted by Crippen LogP contribution is -2.62. The lowest BCUT2D eigenvalue weighted by atomic mass is 9.63. The fourth-order valence-electron chi connectivity index (χ4n) is 12.3. The van der Waals surface area contributed by atoms with Crippen LogP contribution in [0.15, 0.2) is 176 Å². The van der Waals surface area contributed by atoms with Crippen LogP contribution >= 0.6 is 0 Å². The normalized spacial score (nSPS) is 17.3. The largest absolute Gasteiger partial charge is 0.309 e. The third-order valence-corrected chi connectivity index (χ3v) is 13.9. The maximum atomic E-state index is 2.82.